The van der Waals surface area contributed by atoms with Crippen LogP contribution in [0.15, 0.2) is 0 Å². The Labute approximate surface area is 113 Å². The molecule has 1 saturated carbocycles. The van der Waals surface area contributed by atoms with Crippen molar-refractivity contribution in [2.24, 2.45) is 11.8 Å². The fourth-order valence-corrected chi connectivity index (χ4v) is 4.17. The highest BCUT2D eigenvalue weighted by Gasteiger charge is 2.38. The highest BCUT2D eigenvalue weighted by atomic mass is 32.2. The molecule has 1 unspecified atom stereocenters. The second-order valence-corrected chi connectivity index (χ2v) is 7.20. The lowest BCUT2D eigenvalue weighted by Crippen LogP contribution is -2.36. The minimum absolute atomic E-state index is 0.0235. The average Bonchev–Trinajstić information content (AvgIpc) is 2.31. The lowest BCUT2D eigenvalue weighted by molar-refractivity contribution is 0.265. The summed E-state index contributed by atoms with van der Waals surface area (Å²) in [5.74, 6) is 1.41. The van der Waals surface area contributed by atoms with E-state index < -0.39 is 0 Å². The van der Waals surface area contributed by atoms with E-state index in [0.717, 1.165) is 5.92 Å². The molecule has 0 aliphatic heterocycles. The molecule has 16 heavy (non-hydrogen) atoms. The molecule has 1 fully saturated rings. The normalized spacial score (nSPS) is 21.0. The predicted molar refractivity (Wildman–Crippen MR) is 80.6 cm³/mol. The Morgan fingerprint density at radius 3 is 2.25 bits per heavy atom. The Morgan fingerprint density at radius 2 is 1.75 bits per heavy atom. The van der Waals surface area contributed by atoms with Crippen molar-refractivity contribution in [3.8, 4) is 0 Å². The molecule has 0 N–H and O–H groups in total. The Hall–Kier alpha value is 0.700. The van der Waals surface area contributed by atoms with Crippen molar-refractivity contribution in [2.75, 3.05) is 0 Å². The van der Waals surface area contributed by atoms with E-state index in [2.05, 4.69) is 13.8 Å². The average molecular weight is 261 g/mol. The van der Waals surface area contributed by atoms with Crippen LogP contribution in [0.5, 0.6) is 0 Å². The molecule has 1 aliphatic rings. The predicted octanol–water partition coefficient (Wildman–Crippen LogP) is 5.34. The Bertz CT molecular complexity index is 183. The first-order chi connectivity index (χ1) is 7.62. The maximum Gasteiger partial charge on any atom is 0.0607 e. The van der Waals surface area contributed by atoms with E-state index in [4.69, 9.17) is 25.3 Å². The van der Waals surface area contributed by atoms with Crippen molar-refractivity contribution < 1.29 is 0 Å². The van der Waals surface area contributed by atoms with Crippen LogP contribution in [-0.4, -0.2) is 4.08 Å². The summed E-state index contributed by atoms with van der Waals surface area (Å²) in [7, 11) is 0. The first-order valence-electron chi connectivity index (χ1n) is 7.07. The first-order valence-corrected chi connectivity index (χ1v) is 7.97. The minimum atomic E-state index is -0.0235. The van der Waals surface area contributed by atoms with E-state index in [1.54, 1.807) is 0 Å². The summed E-state index contributed by atoms with van der Waals surface area (Å²) in [6.45, 7) is 4.57. The quantitative estimate of drug-likeness (QED) is 0.467. The highest BCUT2D eigenvalue weighted by molar-refractivity contribution is 8.00. The smallest absolute Gasteiger partial charge is 0.0607 e. The SMILES string of the molecule is CCCCC(CC)C(S)(S)C1CCCCC1. The Morgan fingerprint density at radius 1 is 1.12 bits per heavy atom. The van der Waals surface area contributed by atoms with Crippen LogP contribution < -0.4 is 0 Å². The van der Waals surface area contributed by atoms with Crippen LogP contribution in [0.1, 0.15) is 71.6 Å². The van der Waals surface area contributed by atoms with Gasteiger partial charge in [0, 0.05) is 0 Å². The Kier molecular flexibility index (Phi) is 6.65. The van der Waals surface area contributed by atoms with Gasteiger partial charge in [0.15, 0.2) is 0 Å². The number of hydrogen-bond donors (Lipinski definition) is 2. The molecule has 0 aromatic heterocycles. The molecule has 1 rings (SSSR count). The summed E-state index contributed by atoms with van der Waals surface area (Å²) in [6, 6.07) is 0. The molecule has 0 heterocycles. The van der Waals surface area contributed by atoms with Gasteiger partial charge in [0.25, 0.3) is 0 Å². The molecule has 1 aliphatic carbocycles. The van der Waals surface area contributed by atoms with Gasteiger partial charge in [-0.05, 0) is 31.1 Å². The fraction of sp³-hybridized carbons (Fsp3) is 1.00. The third-order valence-electron chi connectivity index (χ3n) is 4.21. The lowest BCUT2D eigenvalue weighted by Gasteiger charge is -2.41. The van der Waals surface area contributed by atoms with Crippen LogP contribution in [0.3, 0.4) is 0 Å². The van der Waals surface area contributed by atoms with Crippen LogP contribution in [0.4, 0.5) is 0 Å². The van der Waals surface area contributed by atoms with Gasteiger partial charge in [-0.3, -0.25) is 0 Å². The topological polar surface area (TPSA) is 0 Å². The van der Waals surface area contributed by atoms with Crippen molar-refractivity contribution in [2.45, 2.75) is 75.7 Å². The van der Waals surface area contributed by atoms with Gasteiger partial charge in [-0.25, -0.2) is 0 Å². The standard InChI is InChI=1S/C14H28S2/c1-3-5-9-12(4-2)14(15,16)13-10-7-6-8-11-13/h12-13,15-16H,3-11H2,1-2H3. The molecule has 1 atom stereocenters. The maximum absolute atomic E-state index is 4.94. The van der Waals surface area contributed by atoms with Crippen LogP contribution in [0.2, 0.25) is 0 Å². The molecular formula is C14H28S2. The summed E-state index contributed by atoms with van der Waals surface area (Å²) in [5, 5.41) is 0. The van der Waals surface area contributed by atoms with Gasteiger partial charge in [-0.2, -0.15) is 25.3 Å². The summed E-state index contributed by atoms with van der Waals surface area (Å²) >= 11 is 9.88. The largest absolute Gasteiger partial charge is 0.161 e. The van der Waals surface area contributed by atoms with Crippen molar-refractivity contribution in [3.63, 3.8) is 0 Å². The van der Waals surface area contributed by atoms with Crippen molar-refractivity contribution >= 4 is 25.3 Å². The second-order valence-electron chi connectivity index (χ2n) is 5.37. The van der Waals surface area contributed by atoms with Crippen molar-refractivity contribution in [1.29, 1.82) is 0 Å². The monoisotopic (exact) mass is 260 g/mol. The van der Waals surface area contributed by atoms with Crippen molar-refractivity contribution in [3.05, 3.63) is 0 Å². The highest BCUT2D eigenvalue weighted by Crippen LogP contribution is 2.47. The molecule has 2 heteroatoms. The van der Waals surface area contributed by atoms with Crippen LogP contribution in [0, 0.1) is 11.8 Å². The van der Waals surface area contributed by atoms with Crippen LogP contribution >= 0.6 is 25.3 Å². The van der Waals surface area contributed by atoms with Gasteiger partial charge in [0.2, 0.25) is 0 Å². The minimum Gasteiger partial charge on any atom is -0.161 e. The van der Waals surface area contributed by atoms with Gasteiger partial charge in [-0.15, -0.1) is 0 Å². The maximum atomic E-state index is 4.94. The van der Waals surface area contributed by atoms with E-state index in [0.29, 0.717) is 5.92 Å². The van der Waals surface area contributed by atoms with E-state index in [1.807, 2.05) is 0 Å². The van der Waals surface area contributed by atoms with E-state index in [1.165, 1.54) is 57.8 Å². The van der Waals surface area contributed by atoms with E-state index in [9.17, 15) is 0 Å². The third-order valence-corrected chi connectivity index (χ3v) is 5.67. The molecule has 0 saturated heterocycles. The molecule has 0 aromatic carbocycles. The number of thiol groups is 2. The number of rotatable bonds is 6. The van der Waals surface area contributed by atoms with Crippen LogP contribution in [-0.2, 0) is 0 Å². The van der Waals surface area contributed by atoms with Gasteiger partial charge in [-0.1, -0.05) is 52.4 Å². The van der Waals surface area contributed by atoms with Gasteiger partial charge < -0.3 is 0 Å². The van der Waals surface area contributed by atoms with Gasteiger partial charge >= 0.3 is 0 Å². The molecular weight excluding hydrogens is 232 g/mol. The zero-order valence-corrected chi connectivity index (χ0v) is 12.7. The second kappa shape index (κ2) is 7.20. The Balaban J connectivity index is 2.56. The van der Waals surface area contributed by atoms with E-state index in [-0.39, 0.29) is 4.08 Å². The summed E-state index contributed by atoms with van der Waals surface area (Å²) < 4.78 is -0.0235. The molecule has 0 aromatic rings. The summed E-state index contributed by atoms with van der Waals surface area (Å²) in [5.41, 5.74) is 0. The molecule has 0 bridgehead atoms. The van der Waals surface area contributed by atoms with Crippen molar-refractivity contribution in [1.82, 2.24) is 0 Å². The summed E-state index contributed by atoms with van der Waals surface area (Å²) in [6.07, 6.45) is 12.0. The zero-order chi connectivity index (χ0) is 12.0. The number of unbranched alkanes of at least 4 members (excludes halogenated alkanes) is 1. The van der Waals surface area contributed by atoms with E-state index >= 15 is 0 Å². The van der Waals surface area contributed by atoms with Crippen LogP contribution in [0.25, 0.3) is 0 Å². The van der Waals surface area contributed by atoms with Gasteiger partial charge in [0.05, 0.1) is 4.08 Å². The molecule has 0 nitrogen and oxygen atoms in total. The fourth-order valence-electron chi connectivity index (χ4n) is 3.03. The molecule has 0 amide bonds. The first kappa shape index (κ1) is 14.8. The molecule has 0 spiro atoms. The van der Waals surface area contributed by atoms with Gasteiger partial charge in [0.1, 0.15) is 0 Å². The third kappa shape index (κ3) is 3.87. The number of hydrogen-bond acceptors (Lipinski definition) is 2. The summed E-state index contributed by atoms with van der Waals surface area (Å²) in [4.78, 5) is 0. The molecule has 0 radical (unpaired) electrons. The zero-order valence-electron chi connectivity index (χ0n) is 10.9. The lowest BCUT2D eigenvalue weighted by atomic mass is 9.79. The molecule has 96 valence electrons.